The Morgan fingerprint density at radius 3 is 2.82 bits per heavy atom. The zero-order valence-corrected chi connectivity index (χ0v) is 10.5. The monoisotopic (exact) mass is 238 g/mol. The molecule has 0 radical (unpaired) electrons. The third kappa shape index (κ3) is 2.08. The first-order valence-electron chi connectivity index (χ1n) is 6.90. The van der Waals surface area contributed by atoms with Gasteiger partial charge in [0.25, 0.3) is 0 Å². The molecule has 2 aliphatic heterocycles. The maximum atomic E-state index is 12.3. The molecule has 2 heterocycles. The molecular weight excluding hydrogens is 216 g/mol. The van der Waals surface area contributed by atoms with Crippen molar-refractivity contribution < 1.29 is 9.53 Å². The summed E-state index contributed by atoms with van der Waals surface area (Å²) >= 11 is 0. The summed E-state index contributed by atoms with van der Waals surface area (Å²) in [5.74, 6) is 1.02. The third-order valence-corrected chi connectivity index (χ3v) is 4.41. The second kappa shape index (κ2) is 4.58. The topological polar surface area (TPSA) is 41.6 Å². The Morgan fingerprint density at radius 1 is 1.29 bits per heavy atom. The number of carbonyl (C=O) groups is 1. The van der Waals surface area contributed by atoms with Gasteiger partial charge in [0.15, 0.2) is 0 Å². The van der Waals surface area contributed by atoms with Crippen LogP contribution in [0.15, 0.2) is 0 Å². The van der Waals surface area contributed by atoms with Gasteiger partial charge in [-0.3, -0.25) is 4.79 Å². The lowest BCUT2D eigenvalue weighted by Gasteiger charge is -2.38. The minimum absolute atomic E-state index is 0.0317. The van der Waals surface area contributed by atoms with Crippen LogP contribution in [0.2, 0.25) is 0 Å². The van der Waals surface area contributed by atoms with E-state index in [4.69, 9.17) is 4.74 Å². The van der Waals surface area contributed by atoms with Crippen molar-refractivity contribution in [2.75, 3.05) is 20.2 Å². The summed E-state index contributed by atoms with van der Waals surface area (Å²) in [6.45, 7) is 1.76. The highest BCUT2D eigenvalue weighted by atomic mass is 16.5. The Labute approximate surface area is 103 Å². The third-order valence-electron chi connectivity index (χ3n) is 4.41. The van der Waals surface area contributed by atoms with Gasteiger partial charge in [-0.15, -0.1) is 0 Å². The Hall–Kier alpha value is -0.610. The summed E-state index contributed by atoms with van der Waals surface area (Å²) in [4.78, 5) is 14.4. The summed E-state index contributed by atoms with van der Waals surface area (Å²) in [5, 5.41) is 3.13. The standard InChI is InChI=1S/C13H22N2O2/c1-14-10-3-2-7-15(13(10)16)11-6-8-17-12(11)9-4-5-9/h9-12,14H,2-8H2,1H3. The van der Waals surface area contributed by atoms with Crippen LogP contribution >= 0.6 is 0 Å². The first-order chi connectivity index (χ1) is 8.31. The zero-order chi connectivity index (χ0) is 11.8. The van der Waals surface area contributed by atoms with Crippen molar-refractivity contribution in [3.63, 3.8) is 0 Å². The van der Waals surface area contributed by atoms with Crippen LogP contribution in [0, 0.1) is 5.92 Å². The average Bonchev–Trinajstić information content (AvgIpc) is 3.08. The van der Waals surface area contributed by atoms with E-state index < -0.39 is 0 Å². The molecule has 3 unspecified atom stereocenters. The fraction of sp³-hybridized carbons (Fsp3) is 0.923. The van der Waals surface area contributed by atoms with Crippen molar-refractivity contribution in [2.24, 2.45) is 5.92 Å². The van der Waals surface area contributed by atoms with E-state index in [1.165, 1.54) is 12.8 Å². The molecule has 2 saturated heterocycles. The Kier molecular flexibility index (Phi) is 3.09. The van der Waals surface area contributed by atoms with Gasteiger partial charge in [0.1, 0.15) is 0 Å². The van der Waals surface area contributed by atoms with Crippen LogP contribution in [0.1, 0.15) is 32.1 Å². The number of amides is 1. The van der Waals surface area contributed by atoms with Crippen molar-refractivity contribution >= 4 is 5.91 Å². The first kappa shape index (κ1) is 11.5. The summed E-state index contributed by atoms with van der Waals surface area (Å²) in [5.41, 5.74) is 0. The Bertz CT molecular complexity index is 304. The van der Waals surface area contributed by atoms with Gasteiger partial charge in [0, 0.05) is 13.2 Å². The van der Waals surface area contributed by atoms with Crippen LogP contribution in [0.5, 0.6) is 0 Å². The molecule has 4 heteroatoms. The number of nitrogens with zero attached hydrogens (tertiary/aromatic N) is 1. The van der Waals surface area contributed by atoms with E-state index in [1.807, 2.05) is 7.05 Å². The van der Waals surface area contributed by atoms with Gasteiger partial charge in [-0.2, -0.15) is 0 Å². The van der Waals surface area contributed by atoms with E-state index >= 15 is 0 Å². The number of hydrogen-bond acceptors (Lipinski definition) is 3. The molecule has 96 valence electrons. The molecule has 0 bridgehead atoms. The number of rotatable bonds is 3. The smallest absolute Gasteiger partial charge is 0.240 e. The minimum Gasteiger partial charge on any atom is -0.376 e. The van der Waals surface area contributed by atoms with Gasteiger partial charge in [0.05, 0.1) is 18.2 Å². The van der Waals surface area contributed by atoms with Crippen molar-refractivity contribution in [3.05, 3.63) is 0 Å². The van der Waals surface area contributed by atoms with Crippen molar-refractivity contribution in [1.82, 2.24) is 10.2 Å². The molecular formula is C13H22N2O2. The molecule has 0 aromatic heterocycles. The predicted octanol–water partition coefficient (Wildman–Crippen LogP) is 0.764. The number of nitrogens with one attached hydrogen (secondary N) is 1. The summed E-state index contributed by atoms with van der Waals surface area (Å²) in [7, 11) is 1.88. The lowest BCUT2D eigenvalue weighted by molar-refractivity contribution is -0.140. The van der Waals surface area contributed by atoms with Gasteiger partial charge in [0.2, 0.25) is 5.91 Å². The van der Waals surface area contributed by atoms with Crippen LogP contribution in [0.25, 0.3) is 0 Å². The molecule has 3 aliphatic rings. The number of hydrogen-bond donors (Lipinski definition) is 1. The number of likely N-dealkylation sites (N-methyl/N-ethyl adjacent to an activating group) is 1. The van der Waals surface area contributed by atoms with Crippen LogP contribution < -0.4 is 5.32 Å². The molecule has 1 amide bonds. The normalized spacial score (nSPS) is 38.8. The minimum atomic E-state index is 0.0317. The van der Waals surface area contributed by atoms with Gasteiger partial charge >= 0.3 is 0 Å². The van der Waals surface area contributed by atoms with E-state index in [0.29, 0.717) is 18.1 Å². The van der Waals surface area contributed by atoms with E-state index in [0.717, 1.165) is 38.3 Å². The summed E-state index contributed by atoms with van der Waals surface area (Å²) in [6, 6.07) is 0.385. The first-order valence-corrected chi connectivity index (χ1v) is 6.90. The van der Waals surface area contributed by atoms with Gasteiger partial charge in [-0.05, 0) is 45.1 Å². The molecule has 3 rings (SSSR count). The molecule has 4 nitrogen and oxygen atoms in total. The lowest BCUT2D eigenvalue weighted by atomic mass is 9.98. The summed E-state index contributed by atoms with van der Waals surface area (Å²) in [6.07, 6.45) is 6.04. The number of piperidine rings is 1. The van der Waals surface area contributed by atoms with E-state index in [-0.39, 0.29) is 6.04 Å². The highest BCUT2D eigenvalue weighted by Gasteiger charge is 2.45. The van der Waals surface area contributed by atoms with Gasteiger partial charge in [-0.25, -0.2) is 0 Å². The lowest BCUT2D eigenvalue weighted by Crippen LogP contribution is -2.55. The molecule has 0 aromatic rings. The van der Waals surface area contributed by atoms with Crippen LogP contribution in [-0.2, 0) is 9.53 Å². The quantitative estimate of drug-likeness (QED) is 0.789. The number of carbonyl (C=O) groups excluding carboxylic acids is 1. The molecule has 0 spiro atoms. The molecule has 0 aromatic carbocycles. The number of ether oxygens (including phenoxy) is 1. The van der Waals surface area contributed by atoms with Gasteiger partial charge in [-0.1, -0.05) is 0 Å². The highest BCUT2D eigenvalue weighted by molar-refractivity contribution is 5.83. The fourth-order valence-corrected chi connectivity index (χ4v) is 3.31. The predicted molar refractivity (Wildman–Crippen MR) is 64.7 cm³/mol. The second-order valence-corrected chi connectivity index (χ2v) is 5.54. The maximum Gasteiger partial charge on any atom is 0.240 e. The number of likely N-dealkylation sites (tertiary alicyclic amines) is 1. The van der Waals surface area contributed by atoms with Crippen molar-refractivity contribution in [3.8, 4) is 0 Å². The van der Waals surface area contributed by atoms with Crippen LogP contribution in [0.3, 0.4) is 0 Å². The molecule has 1 N–H and O–H groups in total. The maximum absolute atomic E-state index is 12.3. The van der Waals surface area contributed by atoms with E-state index in [1.54, 1.807) is 0 Å². The molecule has 3 fully saturated rings. The SMILES string of the molecule is CNC1CCCN(C2CCOC2C2CC2)C1=O. The zero-order valence-electron chi connectivity index (χ0n) is 10.5. The molecule has 1 aliphatic carbocycles. The largest absolute Gasteiger partial charge is 0.376 e. The molecule has 3 atom stereocenters. The highest BCUT2D eigenvalue weighted by Crippen LogP contribution is 2.40. The Morgan fingerprint density at radius 2 is 2.12 bits per heavy atom. The van der Waals surface area contributed by atoms with Crippen LogP contribution in [-0.4, -0.2) is 49.2 Å². The fourth-order valence-electron chi connectivity index (χ4n) is 3.31. The van der Waals surface area contributed by atoms with Crippen LogP contribution in [0.4, 0.5) is 0 Å². The van der Waals surface area contributed by atoms with E-state index in [2.05, 4.69) is 10.2 Å². The summed E-state index contributed by atoms with van der Waals surface area (Å²) < 4.78 is 5.85. The molecule has 1 saturated carbocycles. The second-order valence-electron chi connectivity index (χ2n) is 5.54. The van der Waals surface area contributed by atoms with E-state index in [9.17, 15) is 4.79 Å². The van der Waals surface area contributed by atoms with Crippen molar-refractivity contribution in [1.29, 1.82) is 0 Å². The van der Waals surface area contributed by atoms with Gasteiger partial charge < -0.3 is 15.0 Å². The molecule has 17 heavy (non-hydrogen) atoms. The van der Waals surface area contributed by atoms with Crippen molar-refractivity contribution in [2.45, 2.75) is 50.3 Å². The average molecular weight is 238 g/mol. The Balaban J connectivity index is 1.71.